The summed E-state index contributed by atoms with van der Waals surface area (Å²) in [6, 6.07) is -0.0397. The summed E-state index contributed by atoms with van der Waals surface area (Å²) in [6.45, 7) is 4.78. The highest BCUT2D eigenvalue weighted by Crippen LogP contribution is 2.31. The number of carbonyl (C=O) groups excluding carboxylic acids is 1. The smallest absolute Gasteiger partial charge is 0.232 e. The van der Waals surface area contributed by atoms with Crippen LogP contribution in [0.15, 0.2) is 0 Å². The van der Waals surface area contributed by atoms with Crippen molar-refractivity contribution in [1.82, 2.24) is 5.32 Å². The number of nitrogens with one attached hydrogen (secondary N) is 1. The Bertz CT molecular complexity index is 381. The van der Waals surface area contributed by atoms with Gasteiger partial charge in [0.1, 0.15) is 5.75 Å². The lowest BCUT2D eigenvalue weighted by Crippen LogP contribution is -2.49. The van der Waals surface area contributed by atoms with E-state index >= 15 is 0 Å². The van der Waals surface area contributed by atoms with Crippen molar-refractivity contribution >= 4 is 15.7 Å². The number of hydrogen-bond donors (Lipinski definition) is 2. The molecule has 3 N–H and O–H groups in total. The summed E-state index contributed by atoms with van der Waals surface area (Å²) in [4.78, 5) is 10.9. The van der Waals surface area contributed by atoms with Gasteiger partial charge in [-0.05, 0) is 31.7 Å². The number of amides is 1. The van der Waals surface area contributed by atoms with E-state index in [-0.39, 0.29) is 6.04 Å². The lowest BCUT2D eigenvalue weighted by atomic mass is 9.84. The van der Waals surface area contributed by atoms with Crippen LogP contribution in [-0.2, 0) is 14.6 Å². The minimum atomic E-state index is -3.43. The van der Waals surface area contributed by atoms with Crippen molar-refractivity contribution in [3.05, 3.63) is 0 Å². The Kier molecular flexibility index (Phi) is 5.59. The topological polar surface area (TPSA) is 89.3 Å². The SMILES string of the molecule is CCNC1CCC(CC)CC1S(=O)(=O)CC(N)=O. The molecule has 1 rings (SSSR count). The first-order valence-electron chi connectivity index (χ1n) is 6.64. The summed E-state index contributed by atoms with van der Waals surface area (Å²) in [6.07, 6.45) is 3.54. The second kappa shape index (κ2) is 6.52. The molecule has 1 amide bonds. The monoisotopic (exact) mass is 276 g/mol. The zero-order valence-electron chi connectivity index (χ0n) is 11.2. The summed E-state index contributed by atoms with van der Waals surface area (Å²) >= 11 is 0. The molecule has 0 heterocycles. The van der Waals surface area contributed by atoms with Crippen LogP contribution in [0.3, 0.4) is 0 Å². The van der Waals surface area contributed by atoms with Crippen molar-refractivity contribution in [2.45, 2.75) is 50.8 Å². The van der Waals surface area contributed by atoms with Gasteiger partial charge in [-0.3, -0.25) is 4.79 Å². The van der Waals surface area contributed by atoms with E-state index in [1.165, 1.54) is 0 Å². The predicted octanol–water partition coefficient (Wildman–Crippen LogP) is 0.443. The zero-order chi connectivity index (χ0) is 13.8. The van der Waals surface area contributed by atoms with Crippen LogP contribution in [0.5, 0.6) is 0 Å². The summed E-state index contributed by atoms with van der Waals surface area (Å²) in [5, 5.41) is 2.76. The van der Waals surface area contributed by atoms with Gasteiger partial charge >= 0.3 is 0 Å². The number of primary amides is 1. The molecular formula is C12H24N2O3S. The molecule has 1 aliphatic carbocycles. The largest absolute Gasteiger partial charge is 0.369 e. The fourth-order valence-corrected chi connectivity index (χ4v) is 4.69. The Morgan fingerprint density at radius 3 is 2.50 bits per heavy atom. The average molecular weight is 276 g/mol. The normalized spacial score (nSPS) is 29.1. The maximum Gasteiger partial charge on any atom is 0.232 e. The Hall–Kier alpha value is -0.620. The number of nitrogens with two attached hydrogens (primary N) is 1. The Balaban J connectivity index is 2.86. The molecule has 0 aliphatic heterocycles. The molecule has 106 valence electrons. The number of hydrogen-bond acceptors (Lipinski definition) is 4. The Labute approximate surface area is 109 Å². The highest BCUT2D eigenvalue weighted by molar-refractivity contribution is 7.92. The van der Waals surface area contributed by atoms with Crippen LogP contribution in [0.1, 0.15) is 39.5 Å². The Morgan fingerprint density at radius 2 is 2.00 bits per heavy atom. The molecule has 3 atom stereocenters. The third-order valence-electron chi connectivity index (χ3n) is 3.75. The van der Waals surface area contributed by atoms with Gasteiger partial charge in [0.25, 0.3) is 0 Å². The maximum absolute atomic E-state index is 12.2. The average Bonchev–Trinajstić information content (AvgIpc) is 2.28. The molecule has 1 fully saturated rings. The number of sulfone groups is 1. The molecule has 0 aromatic rings. The molecule has 1 saturated carbocycles. The highest BCUT2D eigenvalue weighted by Gasteiger charge is 2.38. The van der Waals surface area contributed by atoms with Crippen LogP contribution in [-0.4, -0.2) is 37.9 Å². The predicted molar refractivity (Wildman–Crippen MR) is 71.9 cm³/mol. The quantitative estimate of drug-likeness (QED) is 0.737. The van der Waals surface area contributed by atoms with E-state index in [9.17, 15) is 13.2 Å². The van der Waals surface area contributed by atoms with Crippen LogP contribution >= 0.6 is 0 Å². The van der Waals surface area contributed by atoms with Crippen molar-refractivity contribution < 1.29 is 13.2 Å². The van der Waals surface area contributed by atoms with Gasteiger partial charge in [0, 0.05) is 6.04 Å². The Morgan fingerprint density at radius 1 is 1.33 bits per heavy atom. The molecule has 18 heavy (non-hydrogen) atoms. The summed E-state index contributed by atoms with van der Waals surface area (Å²) < 4.78 is 24.4. The first-order chi connectivity index (χ1) is 8.40. The van der Waals surface area contributed by atoms with Gasteiger partial charge in [0.15, 0.2) is 9.84 Å². The van der Waals surface area contributed by atoms with Gasteiger partial charge in [0.2, 0.25) is 5.91 Å². The van der Waals surface area contributed by atoms with E-state index in [0.29, 0.717) is 12.3 Å². The van der Waals surface area contributed by atoms with Gasteiger partial charge in [0.05, 0.1) is 5.25 Å². The second-order valence-corrected chi connectivity index (χ2v) is 7.28. The summed E-state index contributed by atoms with van der Waals surface area (Å²) in [7, 11) is -3.43. The molecule has 0 spiro atoms. The fraction of sp³-hybridized carbons (Fsp3) is 0.917. The van der Waals surface area contributed by atoms with Crippen molar-refractivity contribution in [2.75, 3.05) is 12.3 Å². The molecule has 0 saturated heterocycles. The summed E-state index contributed by atoms with van der Waals surface area (Å²) in [5.41, 5.74) is 5.03. The standard InChI is InChI=1S/C12H24N2O3S/c1-3-9-5-6-10(14-4-2)11(7-9)18(16,17)8-12(13)15/h9-11,14H,3-8H2,1-2H3,(H2,13,15). The molecule has 1 aliphatic rings. The van der Waals surface area contributed by atoms with Crippen LogP contribution in [0.2, 0.25) is 0 Å². The van der Waals surface area contributed by atoms with E-state index in [1.54, 1.807) is 0 Å². The first-order valence-corrected chi connectivity index (χ1v) is 8.35. The molecular weight excluding hydrogens is 252 g/mol. The lowest BCUT2D eigenvalue weighted by Gasteiger charge is -2.35. The van der Waals surface area contributed by atoms with Gasteiger partial charge < -0.3 is 11.1 Å². The van der Waals surface area contributed by atoms with Crippen molar-refractivity contribution in [2.24, 2.45) is 11.7 Å². The van der Waals surface area contributed by atoms with Crippen molar-refractivity contribution in [3.63, 3.8) is 0 Å². The molecule has 0 aromatic heterocycles. The molecule has 5 nitrogen and oxygen atoms in total. The zero-order valence-corrected chi connectivity index (χ0v) is 12.0. The molecule has 3 unspecified atom stereocenters. The third kappa shape index (κ3) is 3.95. The van der Waals surface area contributed by atoms with E-state index in [2.05, 4.69) is 12.2 Å². The summed E-state index contributed by atoms with van der Waals surface area (Å²) in [5.74, 6) is -0.855. The van der Waals surface area contributed by atoms with Gasteiger partial charge in [-0.2, -0.15) is 0 Å². The van der Waals surface area contributed by atoms with E-state index < -0.39 is 26.7 Å². The first kappa shape index (κ1) is 15.4. The molecule has 0 bridgehead atoms. The second-order valence-electron chi connectivity index (χ2n) is 5.06. The van der Waals surface area contributed by atoms with Crippen molar-refractivity contribution in [3.8, 4) is 0 Å². The minimum Gasteiger partial charge on any atom is -0.369 e. The van der Waals surface area contributed by atoms with E-state index in [4.69, 9.17) is 5.73 Å². The minimum absolute atomic E-state index is 0.0397. The number of carbonyl (C=O) groups is 1. The number of rotatable bonds is 6. The molecule has 0 radical (unpaired) electrons. The molecule has 6 heteroatoms. The van der Waals surface area contributed by atoms with Crippen LogP contribution in [0, 0.1) is 5.92 Å². The maximum atomic E-state index is 12.2. The van der Waals surface area contributed by atoms with Crippen LogP contribution in [0.25, 0.3) is 0 Å². The van der Waals surface area contributed by atoms with Gasteiger partial charge in [-0.25, -0.2) is 8.42 Å². The van der Waals surface area contributed by atoms with E-state index in [1.807, 2.05) is 6.92 Å². The third-order valence-corrected chi connectivity index (χ3v) is 5.88. The molecule has 0 aromatic carbocycles. The van der Waals surface area contributed by atoms with Crippen LogP contribution in [0.4, 0.5) is 0 Å². The lowest BCUT2D eigenvalue weighted by molar-refractivity contribution is -0.115. The van der Waals surface area contributed by atoms with Gasteiger partial charge in [-0.1, -0.05) is 20.3 Å². The van der Waals surface area contributed by atoms with Gasteiger partial charge in [-0.15, -0.1) is 0 Å². The van der Waals surface area contributed by atoms with E-state index in [0.717, 1.165) is 25.8 Å². The van der Waals surface area contributed by atoms with Crippen LogP contribution < -0.4 is 11.1 Å². The van der Waals surface area contributed by atoms with Crippen molar-refractivity contribution in [1.29, 1.82) is 0 Å². The fourth-order valence-electron chi connectivity index (χ4n) is 2.78. The highest BCUT2D eigenvalue weighted by atomic mass is 32.2.